The number of anilines is 1. The van der Waals surface area contributed by atoms with Gasteiger partial charge in [-0.15, -0.1) is 0 Å². The molecule has 0 radical (unpaired) electrons. The van der Waals surface area contributed by atoms with Crippen molar-refractivity contribution in [3.8, 4) is 16.9 Å². The Morgan fingerprint density at radius 1 is 1.04 bits per heavy atom. The van der Waals surface area contributed by atoms with E-state index in [0.29, 0.717) is 53.3 Å². The summed E-state index contributed by atoms with van der Waals surface area (Å²) < 4.78 is 12.0. The van der Waals surface area contributed by atoms with Crippen LogP contribution in [0.3, 0.4) is 0 Å². The van der Waals surface area contributed by atoms with E-state index in [0.717, 1.165) is 60.9 Å². The number of aryl methyl sites for hydroxylation is 5. The number of rotatable bonds is 9. The maximum absolute atomic E-state index is 15.0. The van der Waals surface area contributed by atoms with E-state index in [1.165, 1.54) is 0 Å². The molecule has 0 fully saturated rings. The summed E-state index contributed by atoms with van der Waals surface area (Å²) in [6.45, 7) is 14.7. The molecule has 3 aromatic heterocycles. The number of fused-ring (bicyclic) bond motifs is 4. The second-order valence-electron chi connectivity index (χ2n) is 14.2. The molecule has 0 spiro atoms. The lowest BCUT2D eigenvalue weighted by Crippen LogP contribution is -2.42. The molecule has 1 N–H and O–H groups in total. The Morgan fingerprint density at radius 3 is 2.38 bits per heavy atom. The van der Waals surface area contributed by atoms with Gasteiger partial charge in [-0.05, 0) is 108 Å². The second-order valence-corrected chi connectivity index (χ2v) is 15.0. The molecule has 52 heavy (non-hydrogen) atoms. The molecule has 10 nitrogen and oxygen atoms in total. The van der Waals surface area contributed by atoms with Crippen molar-refractivity contribution in [2.45, 2.75) is 73.4 Å². The molecular formula is C40H42Cl2N6O4. The summed E-state index contributed by atoms with van der Waals surface area (Å²) in [5.74, 6) is -0.530. The van der Waals surface area contributed by atoms with Gasteiger partial charge in [-0.2, -0.15) is 10.2 Å². The Labute approximate surface area is 312 Å². The van der Waals surface area contributed by atoms with Crippen LogP contribution in [0.1, 0.15) is 88.2 Å². The smallest absolute Gasteiger partial charge is 0.336 e. The van der Waals surface area contributed by atoms with Crippen molar-refractivity contribution in [3.05, 3.63) is 92.0 Å². The third kappa shape index (κ3) is 5.72. The molecule has 1 aliphatic rings. The quantitative estimate of drug-likeness (QED) is 0.148. The molecule has 12 heteroatoms. The minimum absolute atomic E-state index is 0.00927. The molecule has 0 aliphatic carbocycles. The average Bonchev–Trinajstić information content (AvgIpc) is 3.74. The Bertz CT molecular complexity index is 2420. The van der Waals surface area contributed by atoms with Crippen LogP contribution in [0.25, 0.3) is 32.9 Å². The molecule has 0 saturated carbocycles. The van der Waals surface area contributed by atoms with E-state index >= 15 is 4.79 Å². The largest absolute Gasteiger partial charge is 0.494 e. The van der Waals surface area contributed by atoms with E-state index in [-0.39, 0.29) is 23.6 Å². The number of hydrogen-bond acceptors (Lipinski definition) is 5. The molecule has 0 bridgehead atoms. The molecule has 1 atom stereocenters. The molecule has 3 aromatic carbocycles. The second kappa shape index (κ2) is 13.3. The summed E-state index contributed by atoms with van der Waals surface area (Å²) in [6, 6.07) is 11.1. The first-order valence-electron chi connectivity index (χ1n) is 17.5. The van der Waals surface area contributed by atoms with Crippen molar-refractivity contribution < 1.29 is 19.4 Å². The number of nitrogens with zero attached hydrogens (tertiary/aromatic N) is 6. The number of carboxylic acid groups (broad SMARTS) is 1. The predicted molar refractivity (Wildman–Crippen MR) is 207 cm³/mol. The first-order chi connectivity index (χ1) is 24.7. The van der Waals surface area contributed by atoms with Crippen molar-refractivity contribution in [2.75, 3.05) is 18.1 Å². The molecule has 6 aromatic rings. The number of carbonyl (C=O) groups excluding carboxylic acids is 1. The van der Waals surface area contributed by atoms with Gasteiger partial charge in [-0.1, -0.05) is 29.3 Å². The first-order valence-corrected chi connectivity index (χ1v) is 18.3. The van der Waals surface area contributed by atoms with Crippen LogP contribution in [-0.2, 0) is 13.5 Å². The highest BCUT2D eigenvalue weighted by atomic mass is 35.5. The van der Waals surface area contributed by atoms with Gasteiger partial charge in [-0.25, -0.2) is 4.79 Å². The fourth-order valence-corrected chi connectivity index (χ4v) is 8.18. The number of halogens is 2. The topological polar surface area (TPSA) is 107 Å². The zero-order valence-electron chi connectivity index (χ0n) is 30.6. The lowest BCUT2D eigenvalue weighted by Gasteiger charge is -2.34. The maximum Gasteiger partial charge on any atom is 0.336 e. The molecular weight excluding hydrogens is 699 g/mol. The normalized spacial score (nSPS) is 14.6. The van der Waals surface area contributed by atoms with Gasteiger partial charge in [0, 0.05) is 64.0 Å². The number of carbonyl (C=O) groups is 2. The van der Waals surface area contributed by atoms with Crippen LogP contribution in [0, 0.1) is 27.7 Å². The maximum atomic E-state index is 15.0. The van der Waals surface area contributed by atoms with Crippen LogP contribution in [0.2, 0.25) is 10.0 Å². The molecule has 1 amide bonds. The third-order valence-electron chi connectivity index (χ3n) is 10.3. The summed E-state index contributed by atoms with van der Waals surface area (Å²) in [6.07, 6.45) is 2.78. The fourth-order valence-electron chi connectivity index (χ4n) is 7.83. The van der Waals surface area contributed by atoms with E-state index in [2.05, 4.69) is 16.6 Å². The number of aromatic nitrogens is 5. The van der Waals surface area contributed by atoms with Crippen LogP contribution < -0.4 is 9.64 Å². The van der Waals surface area contributed by atoms with Crippen LogP contribution in [-0.4, -0.2) is 54.3 Å². The van der Waals surface area contributed by atoms with Crippen LogP contribution in [0.5, 0.6) is 5.75 Å². The van der Waals surface area contributed by atoms with Crippen LogP contribution >= 0.6 is 23.2 Å². The molecule has 4 heterocycles. The highest BCUT2D eigenvalue weighted by molar-refractivity contribution is 6.35. The highest BCUT2D eigenvalue weighted by Gasteiger charge is 2.37. The first kappa shape index (κ1) is 35.6. The van der Waals surface area contributed by atoms with Crippen molar-refractivity contribution in [3.63, 3.8) is 0 Å². The van der Waals surface area contributed by atoms with Gasteiger partial charge in [0.25, 0.3) is 5.91 Å². The Morgan fingerprint density at radius 2 is 1.75 bits per heavy atom. The van der Waals surface area contributed by atoms with E-state index in [4.69, 9.17) is 33.0 Å². The van der Waals surface area contributed by atoms with Crippen LogP contribution in [0.15, 0.2) is 42.6 Å². The zero-order chi connectivity index (χ0) is 37.3. The fraction of sp³-hybridized carbons (Fsp3) is 0.350. The van der Waals surface area contributed by atoms with Crippen molar-refractivity contribution >= 4 is 62.6 Å². The molecule has 0 unspecified atom stereocenters. The van der Waals surface area contributed by atoms with E-state index in [9.17, 15) is 9.90 Å². The lowest BCUT2D eigenvalue weighted by atomic mass is 9.98. The molecule has 1 aliphatic heterocycles. The minimum Gasteiger partial charge on any atom is -0.494 e. The van der Waals surface area contributed by atoms with Gasteiger partial charge in [0.05, 0.1) is 40.1 Å². The van der Waals surface area contributed by atoms with Gasteiger partial charge in [0.1, 0.15) is 11.4 Å². The Balaban J connectivity index is 1.38. The zero-order valence-corrected chi connectivity index (χ0v) is 32.1. The number of ether oxygens (including phenoxy) is 1. The van der Waals surface area contributed by atoms with Crippen LogP contribution in [0.4, 0.5) is 5.69 Å². The third-order valence-corrected chi connectivity index (χ3v) is 11.2. The van der Waals surface area contributed by atoms with Crippen molar-refractivity contribution in [1.29, 1.82) is 0 Å². The number of benzene rings is 3. The van der Waals surface area contributed by atoms with E-state index in [1.807, 2.05) is 83.6 Å². The van der Waals surface area contributed by atoms with E-state index in [1.54, 1.807) is 21.8 Å². The number of hydrogen-bond donors (Lipinski definition) is 1. The Kier molecular flexibility index (Phi) is 9.11. The summed E-state index contributed by atoms with van der Waals surface area (Å²) in [7, 11) is 1.92. The Hall–Kier alpha value is -4.80. The minimum atomic E-state index is -1.07. The number of amides is 1. The van der Waals surface area contributed by atoms with Gasteiger partial charge < -0.3 is 19.3 Å². The van der Waals surface area contributed by atoms with Gasteiger partial charge in [-0.3, -0.25) is 14.2 Å². The highest BCUT2D eigenvalue weighted by Crippen LogP contribution is 2.45. The van der Waals surface area contributed by atoms with Gasteiger partial charge in [0.2, 0.25) is 0 Å². The molecule has 270 valence electrons. The standard InChI is InChI=1S/C40H42Cl2N6O4/c1-20(2)48-33-17-26(16-30(40(50)51)31(33)18-43-48)46-19-23(5)47-37-29(11-12-32(41)35(37)34-24(6)44-45(8)25(34)7)28(38(47)39(46)49)10-9-13-52-27-14-21(3)36(42)22(4)15-27/h11-12,14-18,20,23H,9-10,13,19H2,1-8H3,(H,50,51)/t23-/m1/s1. The summed E-state index contributed by atoms with van der Waals surface area (Å²) in [5, 5.41) is 22.2. The SMILES string of the molecule is Cc1cc(OCCCc2c3n(c4c(-c5c(C)nn(C)c5C)c(Cl)ccc24)[C@H](C)CN(c2cc(C(=O)O)c4cnn(C(C)C)c4c2)C3=O)cc(C)c1Cl. The summed E-state index contributed by atoms with van der Waals surface area (Å²) in [4.78, 5) is 29.2. The van der Waals surface area contributed by atoms with Gasteiger partial charge in [0.15, 0.2) is 0 Å². The van der Waals surface area contributed by atoms with E-state index < -0.39 is 5.97 Å². The number of carboxylic acids is 1. The van der Waals surface area contributed by atoms with Crippen molar-refractivity contribution in [2.24, 2.45) is 7.05 Å². The van der Waals surface area contributed by atoms with Gasteiger partial charge >= 0.3 is 5.97 Å². The lowest BCUT2D eigenvalue weighted by molar-refractivity contribution is 0.0698. The summed E-state index contributed by atoms with van der Waals surface area (Å²) >= 11 is 13.5. The molecule has 0 saturated heterocycles. The average molecular weight is 742 g/mol. The summed E-state index contributed by atoms with van der Waals surface area (Å²) in [5.41, 5.74) is 9.15. The monoisotopic (exact) mass is 740 g/mol. The van der Waals surface area contributed by atoms with Crippen molar-refractivity contribution in [1.82, 2.24) is 24.1 Å². The molecule has 7 rings (SSSR count). The number of aromatic carboxylic acids is 1. The predicted octanol–water partition coefficient (Wildman–Crippen LogP) is 9.44.